The normalized spacial score (nSPS) is 21.2. The van der Waals surface area contributed by atoms with Crippen molar-refractivity contribution in [3.8, 4) is 0 Å². The quantitative estimate of drug-likeness (QED) is 0.673. The first kappa shape index (κ1) is 21.5. The van der Waals surface area contributed by atoms with Crippen molar-refractivity contribution in [1.82, 2.24) is 14.5 Å². The molecule has 11 heteroatoms. The summed E-state index contributed by atoms with van der Waals surface area (Å²) in [6.45, 7) is 2.00. The van der Waals surface area contributed by atoms with Gasteiger partial charge in [0.15, 0.2) is 5.11 Å². The van der Waals surface area contributed by atoms with Crippen molar-refractivity contribution in [2.75, 3.05) is 13.2 Å². The zero-order valence-electron chi connectivity index (χ0n) is 16.3. The average Bonchev–Trinajstić information content (AvgIpc) is 3.31. The Bertz CT molecular complexity index is 1170. The number of hydrogen-bond donors (Lipinski definition) is 1. The van der Waals surface area contributed by atoms with Crippen LogP contribution in [0.4, 0.5) is 4.79 Å². The maximum atomic E-state index is 13.5. The smallest absolute Gasteiger partial charge is 0.416 e. The van der Waals surface area contributed by atoms with E-state index in [1.807, 2.05) is 6.92 Å². The fourth-order valence-corrected chi connectivity index (χ4v) is 5.85. The lowest BCUT2D eigenvalue weighted by Crippen LogP contribution is -2.47. The SMILES string of the molecule is Cc1ccc(S(=O)(=O)N2C(=S)N[C@H](C(=O)N3CCOC3=O)[C@H]2c2cccc(Cl)c2)cc1. The molecule has 0 aromatic heterocycles. The first-order valence-corrected chi connectivity index (χ1v) is 11.6. The maximum absolute atomic E-state index is 13.5. The van der Waals surface area contributed by atoms with E-state index in [1.165, 1.54) is 12.1 Å². The predicted molar refractivity (Wildman–Crippen MR) is 117 cm³/mol. The maximum Gasteiger partial charge on any atom is 0.416 e. The Morgan fingerprint density at radius 3 is 2.55 bits per heavy atom. The van der Waals surface area contributed by atoms with Crippen LogP contribution >= 0.6 is 23.8 Å². The van der Waals surface area contributed by atoms with E-state index in [2.05, 4.69) is 5.32 Å². The summed E-state index contributed by atoms with van der Waals surface area (Å²) in [5.74, 6) is -0.628. The van der Waals surface area contributed by atoms with Gasteiger partial charge in [0, 0.05) is 5.02 Å². The molecule has 2 amide bonds. The molecule has 2 fully saturated rings. The van der Waals surface area contributed by atoms with Gasteiger partial charge < -0.3 is 10.1 Å². The zero-order valence-corrected chi connectivity index (χ0v) is 18.7. The largest absolute Gasteiger partial charge is 0.447 e. The number of carbonyl (C=O) groups is 2. The van der Waals surface area contributed by atoms with E-state index in [1.54, 1.807) is 36.4 Å². The lowest BCUT2D eigenvalue weighted by atomic mass is 10.00. The van der Waals surface area contributed by atoms with Gasteiger partial charge in [-0.1, -0.05) is 41.4 Å². The molecular weight excluding hydrogens is 462 g/mol. The van der Waals surface area contributed by atoms with Gasteiger partial charge in [-0.25, -0.2) is 22.4 Å². The van der Waals surface area contributed by atoms with Crippen molar-refractivity contribution >= 4 is 51.0 Å². The molecular formula is C20H18ClN3O5S2. The molecule has 2 atom stereocenters. The van der Waals surface area contributed by atoms with E-state index in [-0.39, 0.29) is 23.2 Å². The number of aryl methyl sites for hydroxylation is 1. The van der Waals surface area contributed by atoms with Crippen LogP contribution in [0.3, 0.4) is 0 Å². The fourth-order valence-electron chi connectivity index (χ4n) is 3.60. The average molecular weight is 480 g/mol. The lowest BCUT2D eigenvalue weighted by Gasteiger charge is -2.28. The molecule has 0 saturated carbocycles. The Hall–Kier alpha value is -2.69. The van der Waals surface area contributed by atoms with Gasteiger partial charge >= 0.3 is 6.09 Å². The molecule has 2 aromatic carbocycles. The first-order chi connectivity index (χ1) is 14.7. The van der Waals surface area contributed by atoms with E-state index in [0.29, 0.717) is 10.6 Å². The molecule has 4 rings (SSSR count). The minimum Gasteiger partial charge on any atom is -0.447 e. The summed E-state index contributed by atoms with van der Waals surface area (Å²) in [6.07, 6.45) is -0.776. The minimum absolute atomic E-state index is 0.0305. The highest BCUT2D eigenvalue weighted by Gasteiger charge is 2.50. The van der Waals surface area contributed by atoms with Crippen molar-refractivity contribution in [3.05, 3.63) is 64.7 Å². The van der Waals surface area contributed by atoms with Crippen molar-refractivity contribution in [3.63, 3.8) is 0 Å². The summed E-state index contributed by atoms with van der Waals surface area (Å²) in [5.41, 5.74) is 1.36. The molecule has 2 heterocycles. The summed E-state index contributed by atoms with van der Waals surface area (Å²) < 4.78 is 32.9. The Kier molecular flexibility index (Phi) is 5.63. The van der Waals surface area contributed by atoms with Crippen LogP contribution in [-0.2, 0) is 19.6 Å². The van der Waals surface area contributed by atoms with Gasteiger partial charge in [0.1, 0.15) is 18.7 Å². The summed E-state index contributed by atoms with van der Waals surface area (Å²) in [6, 6.07) is 10.7. The van der Waals surface area contributed by atoms with Gasteiger partial charge in [-0.2, -0.15) is 0 Å². The zero-order chi connectivity index (χ0) is 22.3. The fraction of sp³-hybridized carbons (Fsp3) is 0.250. The van der Waals surface area contributed by atoms with Gasteiger partial charge in [-0.3, -0.25) is 4.79 Å². The highest BCUT2D eigenvalue weighted by Crippen LogP contribution is 2.37. The summed E-state index contributed by atoms with van der Waals surface area (Å²) >= 11 is 11.5. The van der Waals surface area contributed by atoms with Gasteiger partial charge in [0.2, 0.25) is 0 Å². The van der Waals surface area contributed by atoms with Crippen LogP contribution in [-0.4, -0.2) is 53.9 Å². The van der Waals surface area contributed by atoms with Crippen molar-refractivity contribution < 1.29 is 22.7 Å². The number of imide groups is 1. The second kappa shape index (κ2) is 8.10. The Morgan fingerprint density at radius 2 is 1.94 bits per heavy atom. The van der Waals surface area contributed by atoms with Crippen molar-refractivity contribution in [2.24, 2.45) is 0 Å². The summed E-state index contributed by atoms with van der Waals surface area (Å²) in [4.78, 5) is 26.1. The molecule has 0 bridgehead atoms. The van der Waals surface area contributed by atoms with E-state index in [9.17, 15) is 18.0 Å². The molecule has 0 radical (unpaired) electrons. The van der Waals surface area contributed by atoms with E-state index in [4.69, 9.17) is 28.6 Å². The minimum atomic E-state index is -4.12. The molecule has 31 heavy (non-hydrogen) atoms. The van der Waals surface area contributed by atoms with Gasteiger partial charge in [0.25, 0.3) is 15.9 Å². The Labute approximate surface area is 189 Å². The van der Waals surface area contributed by atoms with Crippen LogP contribution in [0.15, 0.2) is 53.4 Å². The van der Waals surface area contributed by atoms with Crippen LogP contribution in [0.2, 0.25) is 5.02 Å². The molecule has 2 aromatic rings. The van der Waals surface area contributed by atoms with Crippen LogP contribution in [0.1, 0.15) is 17.2 Å². The second-order valence-corrected chi connectivity index (χ2v) is 9.78. The predicted octanol–water partition coefficient (Wildman–Crippen LogP) is 2.62. The first-order valence-electron chi connectivity index (χ1n) is 9.35. The Morgan fingerprint density at radius 1 is 1.23 bits per heavy atom. The lowest BCUT2D eigenvalue weighted by molar-refractivity contribution is -0.130. The number of cyclic esters (lactones) is 1. The van der Waals surface area contributed by atoms with Crippen LogP contribution in [0, 0.1) is 6.92 Å². The third kappa shape index (κ3) is 3.86. The van der Waals surface area contributed by atoms with Gasteiger partial charge in [-0.05, 0) is 49.0 Å². The van der Waals surface area contributed by atoms with Crippen molar-refractivity contribution in [1.29, 1.82) is 0 Å². The molecule has 2 aliphatic rings. The number of carbonyl (C=O) groups excluding carboxylic acids is 2. The molecule has 1 N–H and O–H groups in total. The number of nitrogens with one attached hydrogen (secondary N) is 1. The van der Waals surface area contributed by atoms with E-state index >= 15 is 0 Å². The van der Waals surface area contributed by atoms with E-state index in [0.717, 1.165) is 14.8 Å². The molecule has 8 nitrogen and oxygen atoms in total. The third-order valence-electron chi connectivity index (χ3n) is 5.11. The number of rotatable bonds is 4. The number of hydrogen-bond acceptors (Lipinski definition) is 6. The number of amides is 2. The van der Waals surface area contributed by atoms with E-state index < -0.39 is 34.1 Å². The number of sulfonamides is 1. The standard InChI is InChI=1S/C20H18ClN3O5S2/c1-12-5-7-15(8-6-12)31(27,28)24-17(13-3-2-4-14(21)11-13)16(22-19(24)30)18(25)23-9-10-29-20(23)26/h2-8,11,16-17H,9-10H2,1H3,(H,22,30)/t16-,17+/m0/s1. The third-order valence-corrected chi connectivity index (χ3v) is 7.57. The van der Waals surface area contributed by atoms with Gasteiger partial charge in [-0.15, -0.1) is 0 Å². The number of halogens is 1. The number of benzene rings is 2. The monoisotopic (exact) mass is 479 g/mol. The molecule has 0 unspecified atom stereocenters. The highest BCUT2D eigenvalue weighted by atomic mass is 35.5. The second-order valence-electron chi connectivity index (χ2n) is 7.15. The van der Waals surface area contributed by atoms with Crippen molar-refractivity contribution in [2.45, 2.75) is 23.9 Å². The molecule has 2 saturated heterocycles. The van der Waals surface area contributed by atoms with Crippen LogP contribution < -0.4 is 5.32 Å². The topological polar surface area (TPSA) is 96.0 Å². The molecule has 2 aliphatic heterocycles. The number of nitrogens with zero attached hydrogens (tertiary/aromatic N) is 2. The highest BCUT2D eigenvalue weighted by molar-refractivity contribution is 7.91. The summed E-state index contributed by atoms with van der Waals surface area (Å²) in [7, 11) is -4.12. The number of thiocarbonyl (C=S) groups is 1. The molecule has 0 spiro atoms. The summed E-state index contributed by atoms with van der Waals surface area (Å²) in [5, 5.41) is 3.02. The molecule has 162 valence electrons. The van der Waals surface area contributed by atoms with Gasteiger partial charge in [0.05, 0.1) is 11.4 Å². The van der Waals surface area contributed by atoms with Crippen LogP contribution in [0.5, 0.6) is 0 Å². The molecule has 0 aliphatic carbocycles. The Balaban J connectivity index is 1.81. The van der Waals surface area contributed by atoms with Crippen LogP contribution in [0.25, 0.3) is 0 Å². The number of ether oxygens (including phenoxy) is 1.